The normalized spacial score (nSPS) is 12.8. The number of ether oxygens (including phenoxy) is 3. The smallest absolute Gasteiger partial charge is 0.306 e. The first kappa shape index (κ1) is 66.3. The van der Waals surface area contributed by atoms with E-state index in [0.29, 0.717) is 19.3 Å². The highest BCUT2D eigenvalue weighted by Gasteiger charge is 2.19. The standard InChI is InChI=1S/C64H108O6/c1-4-7-10-13-16-19-22-25-28-29-30-31-32-33-34-35-37-39-42-45-48-51-54-57-63(66)69-60-61(59-68-62(65)56-53-50-47-44-41-38-27-24-21-18-15-12-9-6-3)70-64(67)58-55-52-49-46-43-40-36-26-23-20-17-14-11-8-5-2/h7,10,16-17,19-20,24-28,30-31,33-34,36,61H,4-6,8-9,11-15,18,21-23,29,32,35,37-60H2,1-3H3/b10-7-,19-16-,20-17-,27-24-,28-25-,31-30-,34-33-,36-26-. The van der Waals surface area contributed by atoms with Crippen molar-refractivity contribution in [3.63, 3.8) is 0 Å². The minimum absolute atomic E-state index is 0.0912. The summed E-state index contributed by atoms with van der Waals surface area (Å²) in [6.07, 6.45) is 76.8. The molecule has 0 saturated heterocycles. The van der Waals surface area contributed by atoms with Gasteiger partial charge in [-0.2, -0.15) is 0 Å². The van der Waals surface area contributed by atoms with E-state index in [4.69, 9.17) is 14.2 Å². The summed E-state index contributed by atoms with van der Waals surface area (Å²) in [4.78, 5) is 38.2. The molecule has 0 aromatic carbocycles. The number of hydrogen-bond donors (Lipinski definition) is 0. The predicted octanol–water partition coefficient (Wildman–Crippen LogP) is 19.7. The molecular weight excluding hydrogens is 865 g/mol. The maximum atomic E-state index is 12.8. The lowest BCUT2D eigenvalue weighted by atomic mass is 10.1. The number of esters is 3. The van der Waals surface area contributed by atoms with Crippen molar-refractivity contribution in [1.29, 1.82) is 0 Å². The SMILES string of the molecule is CC/C=C\C/C=C\C/C=C\C/C=C\C/C=C\CCCCCCCCCC(=O)OCC(COC(=O)CCCCCCC/C=C\CCCCCCC)OC(=O)CCCCCCC/C=C\C/C=C\CCCCC. The van der Waals surface area contributed by atoms with Gasteiger partial charge in [-0.05, 0) is 122 Å². The zero-order valence-electron chi connectivity index (χ0n) is 45.8. The molecule has 0 aliphatic carbocycles. The van der Waals surface area contributed by atoms with Crippen LogP contribution in [0, 0.1) is 0 Å². The second-order valence-corrected chi connectivity index (χ2v) is 19.2. The molecule has 0 spiro atoms. The van der Waals surface area contributed by atoms with Crippen LogP contribution in [0.15, 0.2) is 97.2 Å². The molecule has 0 aliphatic rings. The fourth-order valence-electron chi connectivity index (χ4n) is 7.91. The van der Waals surface area contributed by atoms with Crippen molar-refractivity contribution in [3.05, 3.63) is 97.2 Å². The second kappa shape index (κ2) is 57.9. The van der Waals surface area contributed by atoms with Gasteiger partial charge in [0.15, 0.2) is 6.10 Å². The third-order valence-electron chi connectivity index (χ3n) is 12.3. The van der Waals surface area contributed by atoms with Gasteiger partial charge in [0.1, 0.15) is 13.2 Å². The molecule has 1 unspecified atom stereocenters. The summed E-state index contributed by atoms with van der Waals surface area (Å²) >= 11 is 0. The highest BCUT2D eigenvalue weighted by molar-refractivity contribution is 5.71. The molecule has 6 heteroatoms. The van der Waals surface area contributed by atoms with Crippen LogP contribution in [0.4, 0.5) is 0 Å². The van der Waals surface area contributed by atoms with Gasteiger partial charge >= 0.3 is 17.9 Å². The van der Waals surface area contributed by atoms with Crippen LogP contribution in [0.25, 0.3) is 0 Å². The largest absolute Gasteiger partial charge is 0.462 e. The van der Waals surface area contributed by atoms with Gasteiger partial charge < -0.3 is 14.2 Å². The van der Waals surface area contributed by atoms with Crippen molar-refractivity contribution < 1.29 is 28.6 Å². The molecule has 400 valence electrons. The molecule has 0 heterocycles. The maximum Gasteiger partial charge on any atom is 0.306 e. The Morgan fingerprint density at radius 1 is 0.300 bits per heavy atom. The first-order valence-electron chi connectivity index (χ1n) is 29.2. The maximum absolute atomic E-state index is 12.8. The third-order valence-corrected chi connectivity index (χ3v) is 12.3. The number of allylic oxidation sites excluding steroid dienone is 16. The van der Waals surface area contributed by atoms with Gasteiger partial charge in [0.25, 0.3) is 0 Å². The van der Waals surface area contributed by atoms with Crippen molar-refractivity contribution in [3.8, 4) is 0 Å². The van der Waals surface area contributed by atoms with Gasteiger partial charge in [-0.3, -0.25) is 14.4 Å². The fourth-order valence-corrected chi connectivity index (χ4v) is 7.91. The Balaban J connectivity index is 4.40. The molecular formula is C64H108O6. The number of carbonyl (C=O) groups is 3. The minimum atomic E-state index is -0.794. The first-order chi connectivity index (χ1) is 34.5. The summed E-state index contributed by atoms with van der Waals surface area (Å²) in [5.41, 5.74) is 0. The lowest BCUT2D eigenvalue weighted by molar-refractivity contribution is -0.167. The van der Waals surface area contributed by atoms with E-state index in [0.717, 1.165) is 128 Å². The molecule has 0 rings (SSSR count). The predicted molar refractivity (Wildman–Crippen MR) is 302 cm³/mol. The van der Waals surface area contributed by atoms with Crippen molar-refractivity contribution >= 4 is 17.9 Å². The number of carbonyl (C=O) groups excluding carboxylic acids is 3. The molecule has 0 fully saturated rings. The Morgan fingerprint density at radius 2 is 0.557 bits per heavy atom. The minimum Gasteiger partial charge on any atom is -0.462 e. The quantitative estimate of drug-likeness (QED) is 0.0262. The zero-order valence-corrected chi connectivity index (χ0v) is 45.8. The van der Waals surface area contributed by atoms with Crippen molar-refractivity contribution in [1.82, 2.24) is 0 Å². The van der Waals surface area contributed by atoms with Crippen molar-refractivity contribution in [2.24, 2.45) is 0 Å². The Labute approximate surface area is 432 Å². The summed E-state index contributed by atoms with van der Waals surface area (Å²) in [5.74, 6) is -0.921. The van der Waals surface area contributed by atoms with Crippen LogP contribution in [0.5, 0.6) is 0 Å². The molecule has 0 aliphatic heterocycles. The van der Waals surface area contributed by atoms with Gasteiger partial charge in [0, 0.05) is 19.3 Å². The first-order valence-corrected chi connectivity index (χ1v) is 29.2. The fraction of sp³-hybridized carbons (Fsp3) is 0.703. The highest BCUT2D eigenvalue weighted by Crippen LogP contribution is 2.14. The molecule has 6 nitrogen and oxygen atoms in total. The van der Waals surface area contributed by atoms with E-state index in [1.54, 1.807) is 0 Å². The Kier molecular flexibility index (Phi) is 54.9. The van der Waals surface area contributed by atoms with E-state index >= 15 is 0 Å². The molecule has 0 bridgehead atoms. The molecule has 0 saturated carbocycles. The van der Waals surface area contributed by atoms with Crippen molar-refractivity contribution in [2.75, 3.05) is 13.2 Å². The van der Waals surface area contributed by atoms with Crippen molar-refractivity contribution in [2.45, 2.75) is 277 Å². The van der Waals surface area contributed by atoms with Gasteiger partial charge in [-0.25, -0.2) is 0 Å². The van der Waals surface area contributed by atoms with Crippen LogP contribution in [-0.4, -0.2) is 37.2 Å². The summed E-state index contributed by atoms with van der Waals surface area (Å²) in [5, 5.41) is 0. The Hall–Kier alpha value is -3.67. The van der Waals surface area contributed by atoms with Crippen LogP contribution in [0.2, 0.25) is 0 Å². The molecule has 0 aromatic rings. The molecule has 0 N–H and O–H groups in total. The third kappa shape index (κ3) is 55.3. The van der Waals surface area contributed by atoms with E-state index in [1.807, 2.05) is 0 Å². The van der Waals surface area contributed by atoms with Crippen LogP contribution in [0.1, 0.15) is 271 Å². The topological polar surface area (TPSA) is 78.9 Å². The number of rotatable bonds is 52. The molecule has 0 radical (unpaired) electrons. The van der Waals surface area contributed by atoms with Gasteiger partial charge in [-0.1, -0.05) is 227 Å². The van der Waals surface area contributed by atoms with Gasteiger partial charge in [0.2, 0.25) is 0 Å². The summed E-state index contributed by atoms with van der Waals surface area (Å²) in [6, 6.07) is 0. The average molecular weight is 974 g/mol. The van der Waals surface area contributed by atoms with Crippen LogP contribution >= 0.6 is 0 Å². The van der Waals surface area contributed by atoms with Crippen LogP contribution in [-0.2, 0) is 28.6 Å². The van der Waals surface area contributed by atoms with E-state index in [9.17, 15) is 14.4 Å². The molecule has 0 amide bonds. The van der Waals surface area contributed by atoms with Crippen LogP contribution in [0.3, 0.4) is 0 Å². The van der Waals surface area contributed by atoms with E-state index < -0.39 is 6.10 Å². The Morgan fingerprint density at radius 3 is 0.914 bits per heavy atom. The van der Waals surface area contributed by atoms with E-state index in [-0.39, 0.29) is 31.1 Å². The highest BCUT2D eigenvalue weighted by atomic mass is 16.6. The summed E-state index contributed by atoms with van der Waals surface area (Å²) in [7, 11) is 0. The molecule has 70 heavy (non-hydrogen) atoms. The van der Waals surface area contributed by atoms with Crippen LogP contribution < -0.4 is 0 Å². The summed E-state index contributed by atoms with van der Waals surface area (Å²) in [6.45, 7) is 6.47. The summed E-state index contributed by atoms with van der Waals surface area (Å²) < 4.78 is 16.8. The number of hydrogen-bond acceptors (Lipinski definition) is 6. The lowest BCUT2D eigenvalue weighted by Crippen LogP contribution is -2.30. The second-order valence-electron chi connectivity index (χ2n) is 19.2. The Bertz CT molecular complexity index is 1400. The molecule has 1 atom stereocenters. The average Bonchev–Trinajstić information content (AvgIpc) is 3.36. The van der Waals surface area contributed by atoms with E-state index in [1.165, 1.54) is 103 Å². The molecule has 0 aromatic heterocycles. The monoisotopic (exact) mass is 973 g/mol. The number of unbranched alkanes of at least 4 members (excludes halogenated alkanes) is 25. The van der Waals surface area contributed by atoms with E-state index in [2.05, 4.69) is 118 Å². The van der Waals surface area contributed by atoms with Gasteiger partial charge in [-0.15, -0.1) is 0 Å². The lowest BCUT2D eigenvalue weighted by Gasteiger charge is -2.18. The zero-order chi connectivity index (χ0) is 50.7. The van der Waals surface area contributed by atoms with Gasteiger partial charge in [0.05, 0.1) is 0 Å².